The van der Waals surface area contributed by atoms with Crippen LogP contribution in [0.15, 0.2) is 85.1 Å². The molecule has 0 saturated carbocycles. The maximum Gasteiger partial charge on any atom is 0.472 e. The average Bonchev–Trinajstić information content (AvgIpc) is 3.34. The third kappa shape index (κ3) is 54.4. The SMILES string of the molecule is CC/C=C\C/C=C\C/C=C\C/C=C\CCCCCCCCCCCCCCCCC(=O)OC(COC(=O)CCCCCCCC/C=C\C/C=C\C/C=C\CCCCCCC)COP(=O)(O)OCCN. The molecule has 10 heteroatoms. The van der Waals surface area contributed by atoms with Crippen molar-refractivity contribution in [1.29, 1.82) is 0 Å². The van der Waals surface area contributed by atoms with E-state index in [0.29, 0.717) is 12.8 Å². The van der Waals surface area contributed by atoms with Gasteiger partial charge in [0.15, 0.2) is 6.10 Å². The first-order chi connectivity index (χ1) is 33.8. The summed E-state index contributed by atoms with van der Waals surface area (Å²) in [5, 5.41) is 0. The Morgan fingerprint density at radius 1 is 0.449 bits per heavy atom. The molecule has 398 valence electrons. The van der Waals surface area contributed by atoms with Crippen molar-refractivity contribution in [2.75, 3.05) is 26.4 Å². The van der Waals surface area contributed by atoms with E-state index in [1.54, 1.807) is 0 Å². The zero-order valence-corrected chi connectivity index (χ0v) is 45.2. The van der Waals surface area contributed by atoms with E-state index in [2.05, 4.69) is 98.9 Å². The van der Waals surface area contributed by atoms with Crippen LogP contribution in [0.5, 0.6) is 0 Å². The van der Waals surface area contributed by atoms with Gasteiger partial charge in [0.05, 0.1) is 13.2 Å². The standard InChI is InChI=1S/C59H104NO8P/c1-3-5-7-9-11-13-15-17-19-21-23-25-26-27-28-29-30-32-34-36-38-40-42-44-46-48-50-52-59(62)68-57(56-67-69(63,64)66-54-53-60)55-65-58(61)51-49-47-45-43-41-39-37-35-33-31-24-22-20-18-16-14-12-10-8-6-4-2/h5,7,11,13,16-19,22-25,33,35,57H,3-4,6,8-10,12,14-15,20-21,26-32,34,36-56,60H2,1-2H3,(H,63,64)/b7-5-,13-11-,18-16-,19-17-,24-22-,25-23-,35-33-. The monoisotopic (exact) mass is 986 g/mol. The molecular formula is C59H104NO8P. The van der Waals surface area contributed by atoms with Crippen LogP contribution in [0.2, 0.25) is 0 Å². The van der Waals surface area contributed by atoms with Gasteiger partial charge >= 0.3 is 19.8 Å². The highest BCUT2D eigenvalue weighted by Crippen LogP contribution is 2.43. The van der Waals surface area contributed by atoms with Crippen molar-refractivity contribution in [3.8, 4) is 0 Å². The van der Waals surface area contributed by atoms with Crippen LogP contribution in [-0.4, -0.2) is 49.3 Å². The minimum Gasteiger partial charge on any atom is -0.462 e. The first kappa shape index (κ1) is 66.2. The Balaban J connectivity index is 4.02. The molecule has 2 unspecified atom stereocenters. The molecule has 0 rings (SSSR count). The molecule has 69 heavy (non-hydrogen) atoms. The number of carbonyl (C=O) groups excluding carboxylic acids is 2. The van der Waals surface area contributed by atoms with Crippen molar-refractivity contribution in [2.45, 2.75) is 251 Å². The molecule has 0 radical (unpaired) electrons. The van der Waals surface area contributed by atoms with Crippen molar-refractivity contribution < 1.29 is 37.6 Å². The van der Waals surface area contributed by atoms with E-state index < -0.39 is 32.5 Å². The summed E-state index contributed by atoms with van der Waals surface area (Å²) in [5.41, 5.74) is 5.38. The number of esters is 2. The molecule has 0 spiro atoms. The van der Waals surface area contributed by atoms with Crippen LogP contribution in [0.4, 0.5) is 0 Å². The lowest BCUT2D eigenvalue weighted by Crippen LogP contribution is -2.29. The topological polar surface area (TPSA) is 134 Å². The number of phosphoric ester groups is 1. The van der Waals surface area contributed by atoms with Gasteiger partial charge in [-0.25, -0.2) is 4.57 Å². The maximum absolute atomic E-state index is 12.7. The van der Waals surface area contributed by atoms with Gasteiger partial charge < -0.3 is 20.1 Å². The Bertz CT molecular complexity index is 1400. The zero-order chi connectivity index (χ0) is 50.2. The van der Waals surface area contributed by atoms with Gasteiger partial charge in [0.2, 0.25) is 0 Å². The van der Waals surface area contributed by atoms with Crippen molar-refractivity contribution in [3.05, 3.63) is 85.1 Å². The minimum absolute atomic E-state index is 0.0482. The Hall–Kier alpha value is -2.81. The van der Waals surface area contributed by atoms with Gasteiger partial charge in [-0.1, -0.05) is 227 Å². The van der Waals surface area contributed by atoms with Gasteiger partial charge in [0.25, 0.3) is 0 Å². The summed E-state index contributed by atoms with van der Waals surface area (Å²) < 4.78 is 33.0. The second kappa shape index (κ2) is 54.5. The molecule has 0 aliphatic heterocycles. The second-order valence-corrected chi connectivity index (χ2v) is 19.9. The van der Waals surface area contributed by atoms with Crippen LogP contribution in [-0.2, 0) is 32.7 Å². The molecule has 9 nitrogen and oxygen atoms in total. The van der Waals surface area contributed by atoms with Crippen LogP contribution in [0, 0.1) is 0 Å². The van der Waals surface area contributed by atoms with Crippen LogP contribution in [0.1, 0.15) is 245 Å². The molecule has 0 aromatic rings. The number of hydrogen-bond acceptors (Lipinski definition) is 8. The number of hydrogen-bond donors (Lipinski definition) is 2. The van der Waals surface area contributed by atoms with Gasteiger partial charge in [0.1, 0.15) is 6.61 Å². The summed E-state index contributed by atoms with van der Waals surface area (Å²) >= 11 is 0. The maximum atomic E-state index is 12.7. The molecule has 0 aliphatic carbocycles. The highest BCUT2D eigenvalue weighted by molar-refractivity contribution is 7.47. The lowest BCUT2D eigenvalue weighted by molar-refractivity contribution is -0.161. The van der Waals surface area contributed by atoms with Crippen molar-refractivity contribution in [1.82, 2.24) is 0 Å². The molecule has 0 aliphatic rings. The smallest absolute Gasteiger partial charge is 0.462 e. The van der Waals surface area contributed by atoms with Gasteiger partial charge in [-0.05, 0) is 89.9 Å². The summed E-state index contributed by atoms with van der Waals surface area (Å²) in [4.78, 5) is 35.2. The minimum atomic E-state index is -4.39. The molecule has 0 bridgehead atoms. The first-order valence-electron chi connectivity index (χ1n) is 28.1. The van der Waals surface area contributed by atoms with E-state index in [1.165, 1.54) is 122 Å². The third-order valence-electron chi connectivity index (χ3n) is 11.8. The fraction of sp³-hybridized carbons (Fsp3) is 0.729. The van der Waals surface area contributed by atoms with Crippen molar-refractivity contribution >= 4 is 19.8 Å². The summed E-state index contributed by atoms with van der Waals surface area (Å²) in [7, 11) is -4.39. The Labute approximate surface area is 424 Å². The molecule has 2 atom stereocenters. The summed E-state index contributed by atoms with van der Waals surface area (Å²) in [5.74, 6) is -0.842. The van der Waals surface area contributed by atoms with Crippen LogP contribution in [0.3, 0.4) is 0 Å². The molecule has 0 saturated heterocycles. The van der Waals surface area contributed by atoms with Gasteiger partial charge in [-0.3, -0.25) is 18.6 Å². The Morgan fingerprint density at radius 2 is 0.797 bits per heavy atom. The Morgan fingerprint density at radius 3 is 1.19 bits per heavy atom. The molecule has 0 fully saturated rings. The molecular weight excluding hydrogens is 882 g/mol. The molecule has 0 heterocycles. The van der Waals surface area contributed by atoms with Crippen LogP contribution in [0.25, 0.3) is 0 Å². The third-order valence-corrected chi connectivity index (χ3v) is 12.7. The molecule has 0 aromatic heterocycles. The second-order valence-electron chi connectivity index (χ2n) is 18.4. The fourth-order valence-electron chi connectivity index (χ4n) is 7.63. The van der Waals surface area contributed by atoms with Crippen LogP contribution >= 0.6 is 7.82 Å². The fourth-order valence-corrected chi connectivity index (χ4v) is 8.40. The average molecular weight is 986 g/mol. The predicted octanol–water partition coefficient (Wildman–Crippen LogP) is 17.5. The van der Waals surface area contributed by atoms with Crippen molar-refractivity contribution in [2.24, 2.45) is 5.73 Å². The van der Waals surface area contributed by atoms with E-state index in [1.807, 2.05) is 0 Å². The highest BCUT2D eigenvalue weighted by Gasteiger charge is 2.26. The lowest BCUT2D eigenvalue weighted by atomic mass is 10.0. The van der Waals surface area contributed by atoms with E-state index in [4.69, 9.17) is 24.3 Å². The van der Waals surface area contributed by atoms with E-state index in [9.17, 15) is 19.0 Å². The first-order valence-corrected chi connectivity index (χ1v) is 29.6. The number of allylic oxidation sites excluding steroid dienone is 14. The molecule has 0 amide bonds. The number of rotatable bonds is 52. The largest absolute Gasteiger partial charge is 0.472 e. The number of nitrogens with two attached hydrogens (primary N) is 1. The Kier molecular flexibility index (Phi) is 52.3. The summed E-state index contributed by atoms with van der Waals surface area (Å²) in [6, 6.07) is 0. The normalized spacial score (nSPS) is 13.7. The van der Waals surface area contributed by atoms with Crippen molar-refractivity contribution in [3.63, 3.8) is 0 Å². The zero-order valence-electron chi connectivity index (χ0n) is 44.3. The highest BCUT2D eigenvalue weighted by atomic mass is 31.2. The van der Waals surface area contributed by atoms with Crippen LogP contribution < -0.4 is 5.73 Å². The van der Waals surface area contributed by atoms with Gasteiger partial charge in [0, 0.05) is 19.4 Å². The quantitative estimate of drug-likeness (QED) is 0.0264. The van der Waals surface area contributed by atoms with E-state index in [0.717, 1.165) is 83.5 Å². The molecule has 0 aromatic carbocycles. The van der Waals surface area contributed by atoms with E-state index >= 15 is 0 Å². The summed E-state index contributed by atoms with van der Waals surface area (Å²) in [6.07, 6.45) is 70.6. The van der Waals surface area contributed by atoms with Gasteiger partial charge in [-0.15, -0.1) is 0 Å². The number of ether oxygens (including phenoxy) is 2. The predicted molar refractivity (Wildman–Crippen MR) is 293 cm³/mol. The number of carbonyl (C=O) groups is 2. The lowest BCUT2D eigenvalue weighted by Gasteiger charge is -2.19. The van der Waals surface area contributed by atoms with Gasteiger partial charge in [-0.2, -0.15) is 0 Å². The molecule has 3 N–H and O–H groups in total. The van der Waals surface area contributed by atoms with E-state index in [-0.39, 0.29) is 32.6 Å². The number of unbranched alkanes of at least 4 members (excludes halogenated alkanes) is 25. The number of phosphoric acid groups is 1. The summed E-state index contributed by atoms with van der Waals surface area (Å²) in [6.45, 7) is 3.61.